The summed E-state index contributed by atoms with van der Waals surface area (Å²) in [7, 11) is 4.10. The van der Waals surface area contributed by atoms with Crippen LogP contribution in [0.2, 0.25) is 5.02 Å². The highest BCUT2D eigenvalue weighted by Gasteiger charge is 2.16. The number of hydrogen-bond acceptors (Lipinski definition) is 6. The first-order valence-corrected chi connectivity index (χ1v) is 9.59. The molecule has 0 bridgehead atoms. The van der Waals surface area contributed by atoms with Crippen molar-refractivity contribution < 1.29 is 0 Å². The van der Waals surface area contributed by atoms with Gasteiger partial charge in [-0.3, -0.25) is 0 Å². The predicted octanol–water partition coefficient (Wildman–Crippen LogP) is 2.96. The fourth-order valence-corrected chi connectivity index (χ4v) is 3.62. The summed E-state index contributed by atoms with van der Waals surface area (Å²) in [4.78, 5) is 9.20. The Bertz CT molecular complexity index is 939. The van der Waals surface area contributed by atoms with E-state index in [0.29, 0.717) is 5.02 Å². The number of halogens is 3. The molecular formula is C19H26Cl3N7. The highest BCUT2D eigenvalue weighted by atomic mass is 35.5. The molecule has 0 amide bonds. The summed E-state index contributed by atoms with van der Waals surface area (Å²) < 4.78 is 1.94. The van der Waals surface area contributed by atoms with Crippen LogP contribution in [0.25, 0.3) is 22.2 Å². The third kappa shape index (κ3) is 5.29. The third-order valence-electron chi connectivity index (χ3n) is 4.84. The van der Waals surface area contributed by atoms with Crippen molar-refractivity contribution >= 4 is 53.1 Å². The number of pyridine rings is 1. The van der Waals surface area contributed by atoms with Crippen molar-refractivity contribution in [3.8, 4) is 11.3 Å². The van der Waals surface area contributed by atoms with Crippen molar-refractivity contribution in [2.45, 2.75) is 6.54 Å². The molecule has 10 heteroatoms. The number of anilines is 1. The Hall–Kier alpha value is -1.64. The fourth-order valence-electron chi connectivity index (χ4n) is 3.34. The van der Waals surface area contributed by atoms with Gasteiger partial charge in [0.2, 0.25) is 0 Å². The van der Waals surface area contributed by atoms with Crippen LogP contribution in [0, 0.1) is 0 Å². The van der Waals surface area contributed by atoms with Gasteiger partial charge < -0.3 is 15.1 Å². The zero-order valence-electron chi connectivity index (χ0n) is 16.5. The molecule has 2 aromatic heterocycles. The average molecular weight is 459 g/mol. The molecule has 0 radical (unpaired) electrons. The molecule has 4 rings (SSSR count). The molecule has 0 atom stereocenters. The molecule has 1 aliphatic rings. The second-order valence-corrected chi connectivity index (χ2v) is 7.49. The maximum atomic E-state index is 6.57. The lowest BCUT2D eigenvalue weighted by Crippen LogP contribution is -2.44. The van der Waals surface area contributed by atoms with Crippen LogP contribution in [-0.4, -0.2) is 71.7 Å². The Morgan fingerprint density at radius 3 is 2.62 bits per heavy atom. The fraction of sp³-hybridized carbons (Fsp3) is 0.421. The normalized spacial score (nSPS) is 14.0. The lowest BCUT2D eigenvalue weighted by atomic mass is 10.1. The van der Waals surface area contributed by atoms with E-state index in [0.717, 1.165) is 67.2 Å². The second-order valence-electron chi connectivity index (χ2n) is 7.08. The maximum Gasteiger partial charge on any atom is 0.148 e. The molecule has 3 aromatic rings. The minimum absolute atomic E-state index is 0. The Morgan fingerprint density at radius 1 is 1.14 bits per heavy atom. The van der Waals surface area contributed by atoms with Gasteiger partial charge in [-0.2, -0.15) is 0 Å². The molecule has 3 heterocycles. The molecule has 1 aromatic carbocycles. The van der Waals surface area contributed by atoms with Gasteiger partial charge in [0.15, 0.2) is 0 Å². The van der Waals surface area contributed by atoms with Crippen molar-refractivity contribution in [1.82, 2.24) is 30.2 Å². The van der Waals surface area contributed by atoms with E-state index in [-0.39, 0.29) is 24.8 Å². The zero-order valence-corrected chi connectivity index (χ0v) is 18.9. The first-order valence-electron chi connectivity index (χ1n) is 9.21. The van der Waals surface area contributed by atoms with Gasteiger partial charge in [0.1, 0.15) is 5.82 Å². The molecule has 29 heavy (non-hydrogen) atoms. The van der Waals surface area contributed by atoms with Gasteiger partial charge in [-0.05, 0) is 32.3 Å². The van der Waals surface area contributed by atoms with E-state index >= 15 is 0 Å². The van der Waals surface area contributed by atoms with E-state index < -0.39 is 0 Å². The lowest BCUT2D eigenvalue weighted by molar-refractivity contribution is 0.372. The number of nitrogens with zero attached hydrogens (tertiary/aromatic N) is 6. The predicted molar refractivity (Wildman–Crippen MR) is 124 cm³/mol. The van der Waals surface area contributed by atoms with Crippen LogP contribution in [0.1, 0.15) is 0 Å². The largest absolute Gasteiger partial charge is 0.353 e. The second kappa shape index (κ2) is 10.4. The lowest BCUT2D eigenvalue weighted by Gasteiger charge is -2.29. The number of benzene rings is 1. The summed E-state index contributed by atoms with van der Waals surface area (Å²) in [6.45, 7) is 5.46. The van der Waals surface area contributed by atoms with Gasteiger partial charge in [-0.15, -0.1) is 29.9 Å². The van der Waals surface area contributed by atoms with Gasteiger partial charge in [0.05, 0.1) is 29.0 Å². The first kappa shape index (κ1) is 23.6. The van der Waals surface area contributed by atoms with E-state index in [1.54, 1.807) is 6.20 Å². The summed E-state index contributed by atoms with van der Waals surface area (Å²) in [5, 5.41) is 13.4. The van der Waals surface area contributed by atoms with Gasteiger partial charge in [0.25, 0.3) is 0 Å². The SMILES string of the molecule is CN(C)CCn1nncc1-c1ccc2nc(N3CCNCC3)c(Cl)cc2c1.Cl.Cl. The van der Waals surface area contributed by atoms with Crippen LogP contribution in [0.5, 0.6) is 0 Å². The molecule has 0 spiro atoms. The molecule has 0 unspecified atom stereocenters. The van der Waals surface area contributed by atoms with E-state index in [2.05, 4.69) is 57.7 Å². The molecule has 1 N–H and O–H groups in total. The monoisotopic (exact) mass is 457 g/mol. The van der Waals surface area contributed by atoms with Gasteiger partial charge >= 0.3 is 0 Å². The molecule has 1 saturated heterocycles. The van der Waals surface area contributed by atoms with Crippen molar-refractivity contribution in [3.63, 3.8) is 0 Å². The summed E-state index contributed by atoms with van der Waals surface area (Å²) in [6, 6.07) is 8.25. The molecule has 0 saturated carbocycles. The van der Waals surface area contributed by atoms with Crippen LogP contribution in [-0.2, 0) is 6.54 Å². The van der Waals surface area contributed by atoms with E-state index in [1.807, 2.05) is 10.7 Å². The number of hydrogen-bond donors (Lipinski definition) is 1. The van der Waals surface area contributed by atoms with E-state index in [4.69, 9.17) is 16.6 Å². The molecule has 1 fully saturated rings. The Labute approximate surface area is 188 Å². The van der Waals surface area contributed by atoms with Crippen LogP contribution < -0.4 is 10.2 Å². The van der Waals surface area contributed by atoms with E-state index in [1.165, 1.54) is 0 Å². The number of nitrogens with one attached hydrogen (secondary N) is 1. The average Bonchev–Trinajstić information content (AvgIpc) is 3.14. The molecular weight excluding hydrogens is 433 g/mol. The highest BCUT2D eigenvalue weighted by molar-refractivity contribution is 6.33. The van der Waals surface area contributed by atoms with Crippen LogP contribution in [0.15, 0.2) is 30.5 Å². The van der Waals surface area contributed by atoms with Gasteiger partial charge in [-0.25, -0.2) is 9.67 Å². The topological polar surface area (TPSA) is 62.1 Å². The van der Waals surface area contributed by atoms with Crippen molar-refractivity contribution in [3.05, 3.63) is 35.5 Å². The number of fused-ring (bicyclic) bond motifs is 1. The highest BCUT2D eigenvalue weighted by Crippen LogP contribution is 2.30. The quantitative estimate of drug-likeness (QED) is 0.634. The Kier molecular flexibility index (Phi) is 8.48. The molecule has 1 aliphatic heterocycles. The van der Waals surface area contributed by atoms with Gasteiger partial charge in [-0.1, -0.05) is 22.9 Å². The Morgan fingerprint density at radius 2 is 1.90 bits per heavy atom. The number of rotatable bonds is 5. The molecule has 158 valence electrons. The first-order chi connectivity index (χ1) is 13.1. The zero-order chi connectivity index (χ0) is 18.8. The molecule has 0 aliphatic carbocycles. The Balaban J connectivity index is 0.00000150. The summed E-state index contributed by atoms with van der Waals surface area (Å²) in [6.07, 6.45) is 1.81. The summed E-state index contributed by atoms with van der Waals surface area (Å²) >= 11 is 6.57. The van der Waals surface area contributed by atoms with Crippen LogP contribution >= 0.6 is 36.4 Å². The van der Waals surface area contributed by atoms with Crippen molar-refractivity contribution in [2.75, 3.05) is 51.7 Å². The third-order valence-corrected chi connectivity index (χ3v) is 5.12. The number of aromatic nitrogens is 4. The minimum atomic E-state index is 0. The van der Waals surface area contributed by atoms with Crippen molar-refractivity contribution in [2.24, 2.45) is 0 Å². The minimum Gasteiger partial charge on any atom is -0.353 e. The summed E-state index contributed by atoms with van der Waals surface area (Å²) in [5.74, 6) is 0.871. The van der Waals surface area contributed by atoms with Crippen molar-refractivity contribution in [1.29, 1.82) is 0 Å². The van der Waals surface area contributed by atoms with E-state index in [9.17, 15) is 0 Å². The van der Waals surface area contributed by atoms with Gasteiger partial charge in [0, 0.05) is 43.7 Å². The van der Waals surface area contributed by atoms with Crippen LogP contribution in [0.4, 0.5) is 5.82 Å². The standard InChI is InChI=1S/C19H24ClN7.2ClH/c1-25(2)9-10-27-18(13-22-24-27)14-3-4-17-15(11-14)12-16(20)19(23-17)26-7-5-21-6-8-26;;/h3-4,11-13,21H,5-10H2,1-2H3;2*1H. The smallest absolute Gasteiger partial charge is 0.148 e. The number of likely N-dealkylation sites (N-methyl/N-ethyl adjacent to an activating group) is 1. The summed E-state index contributed by atoms with van der Waals surface area (Å²) in [5.41, 5.74) is 3.02. The van der Waals surface area contributed by atoms with Crippen LogP contribution in [0.3, 0.4) is 0 Å². The maximum absolute atomic E-state index is 6.57. The molecule has 7 nitrogen and oxygen atoms in total. The number of piperazine rings is 1.